The second-order valence-corrected chi connectivity index (χ2v) is 5.75. The van der Waals surface area contributed by atoms with E-state index in [-0.39, 0.29) is 32.8 Å². The number of carbonyl (C=O) groups excluding carboxylic acids is 1. The number of anilines is 1. The van der Waals surface area contributed by atoms with Crippen LogP contribution in [0.5, 0.6) is 0 Å². The van der Waals surface area contributed by atoms with E-state index in [2.05, 4.69) is 5.32 Å². The minimum atomic E-state index is -2.64. The van der Waals surface area contributed by atoms with Crippen molar-refractivity contribution in [1.29, 1.82) is 0 Å². The van der Waals surface area contributed by atoms with Gasteiger partial charge in [0.15, 0.2) is 0 Å². The number of halogens is 2. The summed E-state index contributed by atoms with van der Waals surface area (Å²) in [6, 6.07) is 7.38. The molecule has 0 radical (unpaired) electrons. The lowest BCUT2D eigenvalue weighted by Crippen LogP contribution is -2.14. The Balaban J connectivity index is 2.24. The highest BCUT2D eigenvalue weighted by Gasteiger charge is 2.18. The molecule has 0 unspecified atom stereocenters. The Kier molecular flexibility index (Phi) is 4.92. The van der Waals surface area contributed by atoms with Crippen LogP contribution in [0.15, 0.2) is 40.6 Å². The van der Waals surface area contributed by atoms with Crippen molar-refractivity contribution >= 4 is 40.7 Å². The highest BCUT2D eigenvalue weighted by atomic mass is 32.2. The maximum absolute atomic E-state index is 12.5. The molecule has 4 nitrogen and oxygen atoms in total. The maximum Gasteiger partial charge on any atom is 0.348 e. The molecule has 2 aromatic rings. The predicted octanol–water partition coefficient (Wildman–Crippen LogP) is 4.01. The van der Waals surface area contributed by atoms with Crippen LogP contribution in [0.3, 0.4) is 0 Å². The van der Waals surface area contributed by atoms with E-state index in [0.29, 0.717) is 0 Å². The largest absolute Gasteiger partial charge is 0.477 e. The van der Waals surface area contributed by atoms with Crippen molar-refractivity contribution < 1.29 is 23.5 Å². The molecule has 1 amide bonds. The second kappa shape index (κ2) is 6.68. The summed E-state index contributed by atoms with van der Waals surface area (Å²) in [4.78, 5) is 23.2. The molecule has 0 aliphatic carbocycles. The minimum Gasteiger partial charge on any atom is -0.477 e. The van der Waals surface area contributed by atoms with Crippen molar-refractivity contribution in [2.45, 2.75) is 10.7 Å². The normalized spacial score (nSPS) is 10.6. The smallest absolute Gasteiger partial charge is 0.348 e. The standard InChI is InChI=1S/C13H9F2NO3S2/c14-13(15)21-9-4-2-1-3-7(9)11(17)16-8-5-6-20-10(8)12(18)19/h1-6,13H,(H,16,17)(H,18,19). The molecule has 0 saturated carbocycles. The van der Waals surface area contributed by atoms with Crippen LogP contribution in [0.25, 0.3) is 0 Å². The molecule has 110 valence electrons. The van der Waals surface area contributed by atoms with Gasteiger partial charge in [-0.1, -0.05) is 23.9 Å². The van der Waals surface area contributed by atoms with Gasteiger partial charge in [-0.05, 0) is 23.6 Å². The molecular weight excluding hydrogens is 320 g/mol. The third-order valence-electron chi connectivity index (χ3n) is 2.46. The zero-order chi connectivity index (χ0) is 15.4. The second-order valence-electron chi connectivity index (χ2n) is 3.80. The number of rotatable bonds is 5. The molecule has 0 aliphatic rings. The summed E-state index contributed by atoms with van der Waals surface area (Å²) in [5.74, 6) is -4.43. The SMILES string of the molecule is O=C(Nc1ccsc1C(=O)O)c1ccccc1SC(F)F. The van der Waals surface area contributed by atoms with Crippen molar-refractivity contribution in [3.8, 4) is 0 Å². The lowest BCUT2D eigenvalue weighted by molar-refractivity contribution is 0.0703. The number of amides is 1. The minimum absolute atomic E-state index is 0.0117. The summed E-state index contributed by atoms with van der Waals surface area (Å²) in [7, 11) is 0. The van der Waals surface area contributed by atoms with Crippen LogP contribution < -0.4 is 5.32 Å². The number of hydrogen-bond donors (Lipinski definition) is 2. The van der Waals surface area contributed by atoms with Crippen LogP contribution in [0.2, 0.25) is 0 Å². The molecule has 1 aromatic heterocycles. The number of nitrogens with one attached hydrogen (secondary N) is 1. The predicted molar refractivity (Wildman–Crippen MR) is 77.5 cm³/mol. The quantitative estimate of drug-likeness (QED) is 0.813. The van der Waals surface area contributed by atoms with Crippen LogP contribution >= 0.6 is 23.1 Å². The van der Waals surface area contributed by atoms with Crippen molar-refractivity contribution in [3.63, 3.8) is 0 Å². The molecule has 2 rings (SSSR count). The van der Waals surface area contributed by atoms with Gasteiger partial charge in [-0.15, -0.1) is 11.3 Å². The zero-order valence-corrected chi connectivity index (χ0v) is 12.0. The fourth-order valence-corrected chi connectivity index (χ4v) is 2.94. The van der Waals surface area contributed by atoms with E-state index >= 15 is 0 Å². The molecule has 0 bridgehead atoms. The lowest BCUT2D eigenvalue weighted by atomic mass is 10.2. The molecule has 0 atom stereocenters. The summed E-state index contributed by atoms with van der Waals surface area (Å²) < 4.78 is 24.9. The fraction of sp³-hybridized carbons (Fsp3) is 0.0769. The van der Waals surface area contributed by atoms with Crippen LogP contribution in [-0.2, 0) is 0 Å². The highest BCUT2D eigenvalue weighted by Crippen LogP contribution is 2.29. The van der Waals surface area contributed by atoms with Crippen molar-refractivity contribution in [3.05, 3.63) is 46.2 Å². The van der Waals surface area contributed by atoms with Gasteiger partial charge in [0.2, 0.25) is 0 Å². The molecule has 0 fully saturated rings. The third kappa shape index (κ3) is 3.79. The van der Waals surface area contributed by atoms with Crippen LogP contribution in [0.1, 0.15) is 20.0 Å². The first-order chi connectivity index (χ1) is 9.99. The number of hydrogen-bond acceptors (Lipinski definition) is 4. The first kappa shape index (κ1) is 15.5. The van der Waals surface area contributed by atoms with E-state index in [4.69, 9.17) is 5.11 Å². The Hall–Kier alpha value is -1.93. The molecule has 1 heterocycles. The van der Waals surface area contributed by atoms with Crippen LogP contribution in [0.4, 0.5) is 14.5 Å². The molecule has 0 saturated heterocycles. The Morgan fingerprint density at radius 1 is 1.24 bits per heavy atom. The summed E-state index contributed by atoms with van der Waals surface area (Å²) >= 11 is 1.24. The molecule has 1 aromatic carbocycles. The van der Waals surface area contributed by atoms with Gasteiger partial charge in [-0.3, -0.25) is 4.79 Å². The van der Waals surface area contributed by atoms with Gasteiger partial charge in [0.05, 0.1) is 11.3 Å². The van der Waals surface area contributed by atoms with Gasteiger partial charge in [0, 0.05) is 4.90 Å². The maximum atomic E-state index is 12.5. The number of aromatic carboxylic acids is 1. The summed E-state index contributed by atoms with van der Waals surface area (Å²) in [5, 5.41) is 12.9. The first-order valence-electron chi connectivity index (χ1n) is 5.65. The monoisotopic (exact) mass is 329 g/mol. The summed E-state index contributed by atoms with van der Waals surface area (Å²) in [6.07, 6.45) is 0. The van der Waals surface area contributed by atoms with Crippen LogP contribution in [-0.4, -0.2) is 22.7 Å². The number of carboxylic acid groups (broad SMARTS) is 1. The van der Waals surface area contributed by atoms with Gasteiger partial charge in [-0.25, -0.2) is 4.79 Å². The Morgan fingerprint density at radius 3 is 2.62 bits per heavy atom. The van der Waals surface area contributed by atoms with Gasteiger partial charge in [0.1, 0.15) is 4.88 Å². The van der Waals surface area contributed by atoms with Crippen LogP contribution in [0, 0.1) is 0 Å². The van der Waals surface area contributed by atoms with Gasteiger partial charge < -0.3 is 10.4 Å². The Morgan fingerprint density at radius 2 is 1.95 bits per heavy atom. The van der Waals surface area contributed by atoms with Gasteiger partial charge in [0.25, 0.3) is 11.7 Å². The number of thiophene rings is 1. The summed E-state index contributed by atoms with van der Waals surface area (Å²) in [5.41, 5.74) is 0.222. The molecule has 21 heavy (non-hydrogen) atoms. The molecule has 0 aliphatic heterocycles. The zero-order valence-electron chi connectivity index (χ0n) is 10.4. The number of benzene rings is 1. The van der Waals surface area contributed by atoms with E-state index < -0.39 is 17.6 Å². The van der Waals surface area contributed by atoms with Gasteiger partial charge >= 0.3 is 5.97 Å². The van der Waals surface area contributed by atoms with Crippen molar-refractivity contribution in [2.24, 2.45) is 0 Å². The molecular formula is C13H9F2NO3S2. The van der Waals surface area contributed by atoms with E-state index in [1.165, 1.54) is 23.6 Å². The molecule has 8 heteroatoms. The third-order valence-corrected chi connectivity index (χ3v) is 4.15. The summed E-state index contributed by atoms with van der Waals surface area (Å²) in [6.45, 7) is 0. The average molecular weight is 329 g/mol. The van der Waals surface area contributed by atoms with E-state index in [1.54, 1.807) is 12.1 Å². The Labute approximate surface area is 126 Å². The highest BCUT2D eigenvalue weighted by molar-refractivity contribution is 7.99. The molecule has 0 spiro atoms. The van der Waals surface area contributed by atoms with Gasteiger partial charge in [-0.2, -0.15) is 8.78 Å². The number of alkyl halides is 2. The van der Waals surface area contributed by atoms with E-state index in [1.807, 2.05) is 0 Å². The Bertz CT molecular complexity index is 673. The van der Waals surface area contributed by atoms with Crippen molar-refractivity contribution in [1.82, 2.24) is 0 Å². The number of carboxylic acids is 1. The number of thioether (sulfide) groups is 1. The first-order valence-corrected chi connectivity index (χ1v) is 7.41. The topological polar surface area (TPSA) is 66.4 Å². The lowest BCUT2D eigenvalue weighted by Gasteiger charge is -2.09. The number of carbonyl (C=O) groups is 2. The fourth-order valence-electron chi connectivity index (χ4n) is 1.62. The van der Waals surface area contributed by atoms with Crippen molar-refractivity contribution in [2.75, 3.05) is 5.32 Å². The average Bonchev–Trinajstić information content (AvgIpc) is 2.86. The van der Waals surface area contributed by atoms with E-state index in [0.717, 1.165) is 11.3 Å². The molecule has 2 N–H and O–H groups in total. The van der Waals surface area contributed by atoms with E-state index in [9.17, 15) is 18.4 Å².